The van der Waals surface area contributed by atoms with Crippen molar-refractivity contribution in [1.29, 1.82) is 0 Å². The van der Waals surface area contributed by atoms with Gasteiger partial charge in [-0.25, -0.2) is 0 Å². The van der Waals surface area contributed by atoms with Crippen molar-refractivity contribution in [1.82, 2.24) is 0 Å². The predicted molar refractivity (Wildman–Crippen MR) is 101 cm³/mol. The Hall–Kier alpha value is -3.26. The van der Waals surface area contributed by atoms with Gasteiger partial charge >= 0.3 is 0 Å². The molecule has 2 heteroatoms. The Morgan fingerprint density at radius 2 is 1.12 bits per heavy atom. The fraction of sp³-hybridized carbons (Fsp3) is 0.0833. The molecule has 1 atom stereocenters. The van der Waals surface area contributed by atoms with Crippen molar-refractivity contribution in [2.24, 2.45) is 5.92 Å². The number of fused-ring (bicyclic) bond motifs is 2. The lowest BCUT2D eigenvalue weighted by molar-refractivity contribution is 0.0828. The minimum Gasteiger partial charge on any atom is -0.293 e. The van der Waals surface area contributed by atoms with E-state index in [4.69, 9.17) is 0 Å². The third-order valence-corrected chi connectivity index (χ3v) is 5.42. The zero-order valence-electron chi connectivity index (χ0n) is 14.1. The topological polar surface area (TPSA) is 34.1 Å². The molecule has 124 valence electrons. The smallest absolute Gasteiger partial charge is 0.175 e. The number of benzene rings is 3. The second kappa shape index (κ2) is 5.63. The van der Waals surface area contributed by atoms with Crippen LogP contribution in [-0.4, -0.2) is 11.6 Å². The van der Waals surface area contributed by atoms with Crippen molar-refractivity contribution >= 4 is 17.1 Å². The average Bonchev–Trinajstić information content (AvgIpc) is 3.19. The summed E-state index contributed by atoms with van der Waals surface area (Å²) >= 11 is 0. The van der Waals surface area contributed by atoms with Gasteiger partial charge in [0.15, 0.2) is 11.6 Å². The number of rotatable bonds is 2. The van der Waals surface area contributed by atoms with Gasteiger partial charge in [-0.3, -0.25) is 9.59 Å². The molecule has 0 amide bonds. The van der Waals surface area contributed by atoms with Gasteiger partial charge in [0, 0.05) is 17.0 Å². The van der Waals surface area contributed by atoms with Crippen LogP contribution in [0.3, 0.4) is 0 Å². The van der Waals surface area contributed by atoms with Crippen molar-refractivity contribution in [2.45, 2.75) is 5.92 Å². The first kappa shape index (κ1) is 15.0. The fourth-order valence-corrected chi connectivity index (χ4v) is 4.23. The normalized spacial score (nSPS) is 18.6. The maximum atomic E-state index is 13.0. The lowest BCUT2D eigenvalue weighted by Gasteiger charge is -2.15. The number of carbonyl (C=O) groups excluding carboxylic acids is 2. The zero-order chi connectivity index (χ0) is 17.7. The fourth-order valence-electron chi connectivity index (χ4n) is 4.23. The van der Waals surface area contributed by atoms with Gasteiger partial charge in [-0.05, 0) is 22.3 Å². The van der Waals surface area contributed by atoms with E-state index in [1.54, 1.807) is 12.1 Å². The third-order valence-electron chi connectivity index (χ3n) is 5.42. The van der Waals surface area contributed by atoms with Crippen LogP contribution in [0.1, 0.15) is 43.3 Å². The summed E-state index contributed by atoms with van der Waals surface area (Å²) in [6.45, 7) is 0. The molecule has 0 fully saturated rings. The Labute approximate surface area is 151 Å². The zero-order valence-corrected chi connectivity index (χ0v) is 14.1. The Morgan fingerprint density at radius 3 is 1.77 bits per heavy atom. The Morgan fingerprint density at radius 1 is 0.577 bits per heavy atom. The van der Waals surface area contributed by atoms with E-state index < -0.39 is 5.92 Å². The third kappa shape index (κ3) is 2.05. The molecule has 0 heterocycles. The number of carbonyl (C=O) groups is 2. The monoisotopic (exact) mass is 336 g/mol. The first-order chi connectivity index (χ1) is 12.8. The highest BCUT2D eigenvalue weighted by molar-refractivity contribution is 6.27. The van der Waals surface area contributed by atoms with E-state index >= 15 is 0 Å². The summed E-state index contributed by atoms with van der Waals surface area (Å²) < 4.78 is 0. The van der Waals surface area contributed by atoms with Crippen LogP contribution in [0.2, 0.25) is 0 Å². The van der Waals surface area contributed by atoms with Gasteiger partial charge in [0.05, 0.1) is 5.92 Å². The first-order valence-corrected chi connectivity index (χ1v) is 8.79. The highest BCUT2D eigenvalue weighted by Crippen LogP contribution is 2.46. The van der Waals surface area contributed by atoms with E-state index in [2.05, 4.69) is 24.3 Å². The summed E-state index contributed by atoms with van der Waals surface area (Å²) in [7, 11) is 0. The summed E-state index contributed by atoms with van der Waals surface area (Å²) in [6, 6.07) is 25.4. The molecule has 1 unspecified atom stereocenters. The molecule has 0 spiro atoms. The number of ketones is 2. The van der Waals surface area contributed by atoms with Crippen molar-refractivity contribution in [3.05, 3.63) is 113 Å². The largest absolute Gasteiger partial charge is 0.293 e. The molecule has 0 radical (unpaired) electrons. The lowest BCUT2D eigenvalue weighted by atomic mass is 9.84. The summed E-state index contributed by atoms with van der Waals surface area (Å²) in [5.74, 6) is -0.990. The SMILES string of the molecule is O=C1c2ccccc2C(=O)C1C1C=C(c2ccccc2)c2ccccc21. The van der Waals surface area contributed by atoms with Gasteiger partial charge in [0.25, 0.3) is 0 Å². The summed E-state index contributed by atoms with van der Waals surface area (Å²) in [4.78, 5) is 26.0. The van der Waals surface area contributed by atoms with E-state index in [-0.39, 0.29) is 17.5 Å². The summed E-state index contributed by atoms with van der Waals surface area (Å²) in [5, 5.41) is 0. The number of hydrogen-bond acceptors (Lipinski definition) is 2. The molecule has 0 N–H and O–H groups in total. The van der Waals surface area contributed by atoms with Crippen LogP contribution in [0.25, 0.3) is 5.57 Å². The molecule has 5 rings (SSSR count). The highest BCUT2D eigenvalue weighted by atomic mass is 16.2. The van der Waals surface area contributed by atoms with Crippen LogP contribution < -0.4 is 0 Å². The number of Topliss-reactive ketones (excluding diaryl/α,β-unsaturated/α-hetero) is 2. The Balaban J connectivity index is 1.66. The molecule has 2 aliphatic rings. The second-order valence-electron chi connectivity index (χ2n) is 6.81. The van der Waals surface area contributed by atoms with Crippen molar-refractivity contribution in [3.63, 3.8) is 0 Å². The minimum atomic E-state index is -0.658. The standard InChI is InChI=1S/C24H16O2/c25-23-18-12-6-7-13-19(18)24(26)22(23)21-14-20(15-8-2-1-3-9-15)16-10-4-5-11-17(16)21/h1-14,21-22H. The van der Waals surface area contributed by atoms with E-state index in [1.807, 2.05) is 48.5 Å². The van der Waals surface area contributed by atoms with Crippen LogP contribution in [0.15, 0.2) is 84.9 Å². The minimum absolute atomic E-state index is 0.0593. The molecule has 2 aliphatic carbocycles. The molecule has 0 aromatic heterocycles. The molecule has 0 saturated heterocycles. The van der Waals surface area contributed by atoms with Gasteiger partial charge in [-0.15, -0.1) is 0 Å². The van der Waals surface area contributed by atoms with Gasteiger partial charge < -0.3 is 0 Å². The number of hydrogen-bond donors (Lipinski definition) is 0. The van der Waals surface area contributed by atoms with E-state index in [1.165, 1.54) is 0 Å². The van der Waals surface area contributed by atoms with Crippen LogP contribution in [-0.2, 0) is 0 Å². The summed E-state index contributed by atoms with van der Waals surface area (Å²) in [6.07, 6.45) is 2.10. The van der Waals surface area contributed by atoms with Gasteiger partial charge in [-0.2, -0.15) is 0 Å². The number of allylic oxidation sites excluding steroid dienone is 1. The molecule has 0 aliphatic heterocycles. The van der Waals surface area contributed by atoms with Gasteiger partial charge in [-0.1, -0.05) is 84.9 Å². The van der Waals surface area contributed by atoms with Gasteiger partial charge in [0.2, 0.25) is 0 Å². The van der Waals surface area contributed by atoms with Crippen molar-refractivity contribution < 1.29 is 9.59 Å². The Kier molecular flexibility index (Phi) is 3.26. The maximum Gasteiger partial charge on any atom is 0.175 e. The van der Waals surface area contributed by atoms with E-state index in [0.717, 1.165) is 22.3 Å². The molecule has 0 saturated carbocycles. The molecule has 3 aromatic rings. The van der Waals surface area contributed by atoms with Crippen LogP contribution in [0.4, 0.5) is 0 Å². The quantitative estimate of drug-likeness (QED) is 0.623. The molecule has 3 aromatic carbocycles. The maximum absolute atomic E-state index is 13.0. The molecule has 0 bridgehead atoms. The van der Waals surface area contributed by atoms with Crippen LogP contribution in [0.5, 0.6) is 0 Å². The van der Waals surface area contributed by atoms with Gasteiger partial charge in [0.1, 0.15) is 0 Å². The van der Waals surface area contributed by atoms with Crippen LogP contribution in [0, 0.1) is 5.92 Å². The first-order valence-electron chi connectivity index (χ1n) is 8.79. The molecular weight excluding hydrogens is 320 g/mol. The predicted octanol–water partition coefficient (Wildman–Crippen LogP) is 4.91. The molecule has 26 heavy (non-hydrogen) atoms. The molecule has 2 nitrogen and oxygen atoms in total. The van der Waals surface area contributed by atoms with Crippen molar-refractivity contribution in [2.75, 3.05) is 0 Å². The molecular formula is C24H16O2. The van der Waals surface area contributed by atoms with Crippen molar-refractivity contribution in [3.8, 4) is 0 Å². The Bertz CT molecular complexity index is 1040. The highest BCUT2D eigenvalue weighted by Gasteiger charge is 2.45. The van der Waals surface area contributed by atoms with E-state index in [9.17, 15) is 9.59 Å². The summed E-state index contributed by atoms with van der Waals surface area (Å²) in [5.41, 5.74) is 5.50. The second-order valence-corrected chi connectivity index (χ2v) is 6.81. The van der Waals surface area contributed by atoms with Crippen LogP contribution >= 0.6 is 0 Å². The van der Waals surface area contributed by atoms with E-state index in [0.29, 0.717) is 11.1 Å². The average molecular weight is 336 g/mol. The lowest BCUT2D eigenvalue weighted by Crippen LogP contribution is -2.21.